The molecular weight excluding hydrogens is 293 g/mol. The van der Waals surface area contributed by atoms with Crippen LogP contribution in [0.3, 0.4) is 0 Å². The average molecular weight is 309 g/mol. The van der Waals surface area contributed by atoms with Crippen LogP contribution >= 0.6 is 0 Å². The lowest BCUT2D eigenvalue weighted by atomic mass is 9.87. The first-order valence-corrected chi connectivity index (χ1v) is 6.18. The van der Waals surface area contributed by atoms with E-state index >= 15 is 0 Å². The fourth-order valence-electron chi connectivity index (χ4n) is 1.54. The molecule has 1 aromatic rings. The molecule has 0 aliphatic heterocycles. The third-order valence-corrected chi connectivity index (χ3v) is 2.91. The van der Waals surface area contributed by atoms with Crippen LogP contribution in [0.2, 0.25) is 0 Å². The fraction of sp³-hybridized carbons (Fsp3) is 0.500. The molecule has 1 aromatic carbocycles. The SMILES string of the molecule is CC(C)(C)c1ccc(CNC(=O)C(F)(F)C(F)(F)F)cc1. The lowest BCUT2D eigenvalue weighted by Gasteiger charge is -2.20. The van der Waals surface area contributed by atoms with Crippen LogP contribution in [0.15, 0.2) is 24.3 Å². The molecule has 1 amide bonds. The summed E-state index contributed by atoms with van der Waals surface area (Å²) in [5, 5.41) is 1.60. The van der Waals surface area contributed by atoms with Crippen molar-refractivity contribution in [3.63, 3.8) is 0 Å². The van der Waals surface area contributed by atoms with E-state index in [1.807, 2.05) is 20.8 Å². The van der Waals surface area contributed by atoms with Gasteiger partial charge in [0.2, 0.25) is 0 Å². The number of carbonyl (C=O) groups is 1. The maximum absolute atomic E-state index is 12.7. The van der Waals surface area contributed by atoms with E-state index in [0.29, 0.717) is 5.56 Å². The molecule has 0 unspecified atom stereocenters. The highest BCUT2D eigenvalue weighted by Crippen LogP contribution is 2.35. The Kier molecular flexibility index (Phi) is 4.65. The standard InChI is InChI=1S/C14H16F5NO/c1-12(2,3)10-6-4-9(5-7-10)8-20-11(21)13(15,16)14(17,18)19/h4-7H,8H2,1-3H3,(H,20,21). The van der Waals surface area contributed by atoms with E-state index < -0.39 is 24.6 Å². The normalized spacial score (nSPS) is 13.1. The number of hydrogen-bond acceptors (Lipinski definition) is 1. The van der Waals surface area contributed by atoms with Crippen molar-refractivity contribution in [1.82, 2.24) is 5.32 Å². The monoisotopic (exact) mass is 309 g/mol. The first kappa shape index (κ1) is 17.4. The molecule has 0 aromatic heterocycles. The summed E-state index contributed by atoms with van der Waals surface area (Å²) < 4.78 is 61.4. The maximum atomic E-state index is 12.7. The molecule has 1 N–H and O–H groups in total. The van der Waals surface area contributed by atoms with Crippen molar-refractivity contribution in [2.45, 2.75) is 44.8 Å². The molecule has 7 heteroatoms. The molecule has 1 rings (SSSR count). The number of benzene rings is 1. The molecule has 118 valence electrons. The smallest absolute Gasteiger partial charge is 0.346 e. The molecule has 0 aliphatic carbocycles. The van der Waals surface area contributed by atoms with Crippen LogP contribution in [0, 0.1) is 0 Å². The molecule has 0 spiro atoms. The summed E-state index contributed by atoms with van der Waals surface area (Å²) >= 11 is 0. The van der Waals surface area contributed by atoms with E-state index in [9.17, 15) is 26.7 Å². The summed E-state index contributed by atoms with van der Waals surface area (Å²) in [6.07, 6.45) is -5.90. The van der Waals surface area contributed by atoms with Crippen molar-refractivity contribution in [2.75, 3.05) is 0 Å². The van der Waals surface area contributed by atoms with Gasteiger partial charge in [0, 0.05) is 6.54 Å². The Hall–Kier alpha value is -1.66. The van der Waals surface area contributed by atoms with E-state index in [4.69, 9.17) is 0 Å². The van der Waals surface area contributed by atoms with Crippen molar-refractivity contribution in [3.05, 3.63) is 35.4 Å². The molecule has 21 heavy (non-hydrogen) atoms. The highest BCUT2D eigenvalue weighted by atomic mass is 19.4. The summed E-state index contributed by atoms with van der Waals surface area (Å²) in [4.78, 5) is 10.9. The Morgan fingerprint density at radius 3 is 1.86 bits per heavy atom. The number of alkyl halides is 5. The molecule has 2 nitrogen and oxygen atoms in total. The molecule has 0 atom stereocenters. The first-order valence-electron chi connectivity index (χ1n) is 6.18. The number of amides is 1. The van der Waals surface area contributed by atoms with Gasteiger partial charge in [0.1, 0.15) is 0 Å². The van der Waals surface area contributed by atoms with Gasteiger partial charge < -0.3 is 5.32 Å². The van der Waals surface area contributed by atoms with Crippen LogP contribution in [0.4, 0.5) is 22.0 Å². The fourth-order valence-corrected chi connectivity index (χ4v) is 1.54. The van der Waals surface area contributed by atoms with Gasteiger partial charge in [0.25, 0.3) is 0 Å². The van der Waals surface area contributed by atoms with Crippen molar-refractivity contribution in [3.8, 4) is 0 Å². The second kappa shape index (κ2) is 5.61. The van der Waals surface area contributed by atoms with E-state index in [-0.39, 0.29) is 5.41 Å². The molecular formula is C14H16F5NO. The van der Waals surface area contributed by atoms with E-state index in [0.717, 1.165) is 5.56 Å². The Bertz CT molecular complexity index is 500. The summed E-state index contributed by atoms with van der Waals surface area (Å²) in [5.74, 6) is -7.74. The van der Waals surface area contributed by atoms with Gasteiger partial charge in [-0.3, -0.25) is 4.79 Å². The topological polar surface area (TPSA) is 29.1 Å². The lowest BCUT2D eigenvalue weighted by molar-refractivity contribution is -0.269. The van der Waals surface area contributed by atoms with Crippen molar-refractivity contribution in [2.24, 2.45) is 0 Å². The van der Waals surface area contributed by atoms with Gasteiger partial charge in [-0.25, -0.2) is 0 Å². The number of nitrogens with one attached hydrogen (secondary N) is 1. The van der Waals surface area contributed by atoms with Gasteiger partial charge in [0.15, 0.2) is 0 Å². The average Bonchev–Trinajstić information content (AvgIpc) is 2.33. The van der Waals surface area contributed by atoms with Gasteiger partial charge in [-0.1, -0.05) is 45.0 Å². The van der Waals surface area contributed by atoms with Crippen molar-refractivity contribution < 1.29 is 26.7 Å². The van der Waals surface area contributed by atoms with Gasteiger partial charge in [0.05, 0.1) is 0 Å². The highest BCUT2D eigenvalue weighted by molar-refractivity contribution is 5.84. The highest BCUT2D eigenvalue weighted by Gasteiger charge is 2.63. The summed E-state index contributed by atoms with van der Waals surface area (Å²) in [5.41, 5.74) is 1.32. The van der Waals surface area contributed by atoms with Crippen LogP contribution in [0.25, 0.3) is 0 Å². The van der Waals surface area contributed by atoms with Gasteiger partial charge >= 0.3 is 18.0 Å². The third kappa shape index (κ3) is 4.15. The van der Waals surface area contributed by atoms with Crippen LogP contribution in [-0.4, -0.2) is 18.0 Å². The van der Waals surface area contributed by atoms with Crippen LogP contribution in [0.5, 0.6) is 0 Å². The van der Waals surface area contributed by atoms with E-state index in [1.165, 1.54) is 0 Å². The first-order chi connectivity index (χ1) is 9.35. The van der Waals surface area contributed by atoms with E-state index in [2.05, 4.69) is 0 Å². The Balaban J connectivity index is 2.70. The van der Waals surface area contributed by atoms with Crippen molar-refractivity contribution >= 4 is 5.91 Å². The molecule has 0 aliphatic rings. The minimum Gasteiger partial charge on any atom is -0.346 e. The largest absolute Gasteiger partial charge is 0.463 e. The zero-order valence-electron chi connectivity index (χ0n) is 11.8. The lowest BCUT2D eigenvalue weighted by Crippen LogP contribution is -2.50. The summed E-state index contributed by atoms with van der Waals surface area (Å²) in [7, 11) is 0. The van der Waals surface area contributed by atoms with Gasteiger partial charge in [-0.15, -0.1) is 0 Å². The zero-order valence-corrected chi connectivity index (χ0v) is 11.8. The minimum atomic E-state index is -5.90. The zero-order chi connectivity index (χ0) is 16.5. The Morgan fingerprint density at radius 1 is 1.00 bits per heavy atom. The number of hydrogen-bond donors (Lipinski definition) is 1. The Labute approximate surface area is 119 Å². The number of rotatable bonds is 3. The maximum Gasteiger partial charge on any atom is 0.463 e. The molecule has 0 bridgehead atoms. The predicted molar refractivity (Wildman–Crippen MR) is 68.0 cm³/mol. The summed E-state index contributed by atoms with van der Waals surface area (Å²) in [6, 6.07) is 6.63. The molecule has 0 heterocycles. The predicted octanol–water partition coefficient (Wildman–Crippen LogP) is 3.80. The minimum absolute atomic E-state index is 0.106. The van der Waals surface area contributed by atoms with Crippen LogP contribution < -0.4 is 5.32 Å². The second-order valence-electron chi connectivity index (χ2n) is 5.70. The van der Waals surface area contributed by atoms with Crippen molar-refractivity contribution in [1.29, 1.82) is 0 Å². The molecule has 0 saturated carbocycles. The van der Waals surface area contributed by atoms with Crippen LogP contribution in [0.1, 0.15) is 31.9 Å². The number of carbonyl (C=O) groups excluding carboxylic acids is 1. The second-order valence-corrected chi connectivity index (χ2v) is 5.70. The van der Waals surface area contributed by atoms with E-state index in [1.54, 1.807) is 29.6 Å². The third-order valence-electron chi connectivity index (χ3n) is 2.91. The van der Waals surface area contributed by atoms with Gasteiger partial charge in [-0.05, 0) is 16.5 Å². The Morgan fingerprint density at radius 2 is 1.48 bits per heavy atom. The van der Waals surface area contributed by atoms with Gasteiger partial charge in [-0.2, -0.15) is 22.0 Å². The molecule has 0 saturated heterocycles. The summed E-state index contributed by atoms with van der Waals surface area (Å²) in [6.45, 7) is 5.55. The molecule has 0 radical (unpaired) electrons. The quantitative estimate of drug-likeness (QED) is 0.846. The molecule has 0 fully saturated rings. The van der Waals surface area contributed by atoms with Crippen LogP contribution in [-0.2, 0) is 16.8 Å². The number of halogens is 5.